The van der Waals surface area contributed by atoms with Crippen molar-refractivity contribution in [3.05, 3.63) is 29.7 Å². The van der Waals surface area contributed by atoms with Crippen LogP contribution in [-0.4, -0.2) is 21.0 Å². The molecule has 0 aromatic carbocycles. The lowest BCUT2D eigenvalue weighted by Gasteiger charge is -2.13. The zero-order valence-corrected chi connectivity index (χ0v) is 11.8. The van der Waals surface area contributed by atoms with Gasteiger partial charge in [0.1, 0.15) is 5.82 Å². The monoisotopic (exact) mass is 289 g/mol. The maximum atomic E-state index is 6.12. The molecular weight excluding hydrogens is 274 g/mol. The van der Waals surface area contributed by atoms with Crippen molar-refractivity contribution in [2.75, 3.05) is 11.1 Å². The van der Waals surface area contributed by atoms with Gasteiger partial charge in [0.05, 0.1) is 5.02 Å². The third kappa shape index (κ3) is 2.67. The molecule has 0 radical (unpaired) electrons. The van der Waals surface area contributed by atoms with E-state index in [0.717, 1.165) is 11.1 Å². The Hall–Kier alpha value is -1.88. The fourth-order valence-electron chi connectivity index (χ4n) is 2.52. The fraction of sp³-hybridized carbons (Fsp3) is 0.357. The van der Waals surface area contributed by atoms with E-state index in [4.69, 9.17) is 17.3 Å². The highest BCUT2D eigenvalue weighted by Gasteiger charge is 2.16. The number of nitrogens with zero attached hydrogens (tertiary/aromatic N) is 3. The van der Waals surface area contributed by atoms with Crippen molar-refractivity contribution in [1.82, 2.24) is 15.0 Å². The molecule has 0 aliphatic heterocycles. The smallest absolute Gasteiger partial charge is 0.224 e. The molecule has 3 N–H and O–H groups in total. The first-order valence-electron chi connectivity index (χ1n) is 6.73. The minimum absolute atomic E-state index is 0.425. The zero-order chi connectivity index (χ0) is 13.9. The normalized spacial score (nSPS) is 15.4. The standard InChI is InChI=1S/C14H16ClN5/c15-12-8-17-6-5-10(12)11-7-18-14(20-13(11)16)19-9-3-1-2-4-9/h5-9H,1-4H2,(H3,16,18,19,20). The summed E-state index contributed by atoms with van der Waals surface area (Å²) in [6, 6.07) is 2.27. The van der Waals surface area contributed by atoms with Crippen molar-refractivity contribution in [1.29, 1.82) is 0 Å². The van der Waals surface area contributed by atoms with Crippen LogP contribution in [0.2, 0.25) is 5.02 Å². The second-order valence-electron chi connectivity index (χ2n) is 4.97. The van der Waals surface area contributed by atoms with Gasteiger partial charge in [0.25, 0.3) is 0 Å². The summed E-state index contributed by atoms with van der Waals surface area (Å²) >= 11 is 6.12. The lowest BCUT2D eigenvalue weighted by molar-refractivity contribution is 0.744. The topological polar surface area (TPSA) is 76.7 Å². The highest BCUT2D eigenvalue weighted by molar-refractivity contribution is 6.33. The minimum atomic E-state index is 0.425. The van der Waals surface area contributed by atoms with E-state index in [-0.39, 0.29) is 0 Å². The van der Waals surface area contributed by atoms with E-state index in [1.807, 2.05) is 6.07 Å². The van der Waals surface area contributed by atoms with Crippen molar-refractivity contribution in [2.24, 2.45) is 0 Å². The summed E-state index contributed by atoms with van der Waals surface area (Å²) in [6.07, 6.45) is 9.82. The third-order valence-corrected chi connectivity index (χ3v) is 3.87. The predicted molar refractivity (Wildman–Crippen MR) is 80.6 cm³/mol. The maximum absolute atomic E-state index is 6.12. The summed E-state index contributed by atoms with van der Waals surface area (Å²) in [4.78, 5) is 12.6. The van der Waals surface area contributed by atoms with Crippen molar-refractivity contribution in [3.63, 3.8) is 0 Å². The molecule has 20 heavy (non-hydrogen) atoms. The Morgan fingerprint density at radius 2 is 2.00 bits per heavy atom. The van der Waals surface area contributed by atoms with E-state index < -0.39 is 0 Å². The zero-order valence-electron chi connectivity index (χ0n) is 11.0. The summed E-state index contributed by atoms with van der Waals surface area (Å²) < 4.78 is 0. The highest BCUT2D eigenvalue weighted by Crippen LogP contribution is 2.30. The van der Waals surface area contributed by atoms with Crippen LogP contribution in [0.5, 0.6) is 0 Å². The molecule has 2 aromatic heterocycles. The molecule has 0 unspecified atom stereocenters. The Bertz CT molecular complexity index is 610. The molecule has 104 valence electrons. The first kappa shape index (κ1) is 13.1. The number of hydrogen-bond acceptors (Lipinski definition) is 5. The molecule has 0 spiro atoms. The molecule has 5 nitrogen and oxygen atoms in total. The third-order valence-electron chi connectivity index (χ3n) is 3.57. The van der Waals surface area contributed by atoms with Crippen LogP contribution in [0.4, 0.5) is 11.8 Å². The van der Waals surface area contributed by atoms with Crippen LogP contribution in [0.25, 0.3) is 11.1 Å². The maximum Gasteiger partial charge on any atom is 0.224 e. The molecule has 3 rings (SSSR count). The molecular formula is C14H16ClN5. The quantitative estimate of drug-likeness (QED) is 0.908. The number of rotatable bonds is 3. The second kappa shape index (κ2) is 5.63. The fourth-order valence-corrected chi connectivity index (χ4v) is 2.74. The van der Waals surface area contributed by atoms with Gasteiger partial charge in [-0.05, 0) is 18.9 Å². The highest BCUT2D eigenvalue weighted by atomic mass is 35.5. The van der Waals surface area contributed by atoms with Gasteiger partial charge >= 0.3 is 0 Å². The SMILES string of the molecule is Nc1nc(NC2CCCC2)ncc1-c1ccncc1Cl. The minimum Gasteiger partial charge on any atom is -0.383 e. The van der Waals surface area contributed by atoms with E-state index in [1.165, 1.54) is 25.7 Å². The Kier molecular flexibility index (Phi) is 3.69. The molecule has 0 bridgehead atoms. The van der Waals surface area contributed by atoms with Crippen molar-refractivity contribution in [2.45, 2.75) is 31.7 Å². The van der Waals surface area contributed by atoms with Gasteiger partial charge in [-0.3, -0.25) is 4.98 Å². The average molecular weight is 290 g/mol. The number of nitrogens with one attached hydrogen (secondary N) is 1. The van der Waals surface area contributed by atoms with Crippen LogP contribution < -0.4 is 11.1 Å². The lowest BCUT2D eigenvalue weighted by Crippen LogP contribution is -2.17. The first-order chi connectivity index (χ1) is 9.74. The summed E-state index contributed by atoms with van der Waals surface area (Å²) in [5, 5.41) is 3.87. The number of nitrogen functional groups attached to an aromatic ring is 1. The number of hydrogen-bond donors (Lipinski definition) is 2. The summed E-state index contributed by atoms with van der Waals surface area (Å²) in [7, 11) is 0. The van der Waals surface area contributed by atoms with E-state index in [9.17, 15) is 0 Å². The van der Waals surface area contributed by atoms with Gasteiger partial charge in [-0.1, -0.05) is 24.4 Å². The Morgan fingerprint density at radius 1 is 1.20 bits per heavy atom. The molecule has 1 aliphatic rings. The molecule has 2 aromatic rings. The second-order valence-corrected chi connectivity index (χ2v) is 5.38. The Labute approximate surface area is 122 Å². The average Bonchev–Trinajstić information content (AvgIpc) is 2.93. The molecule has 2 heterocycles. The Morgan fingerprint density at radius 3 is 2.70 bits per heavy atom. The Balaban J connectivity index is 1.86. The predicted octanol–water partition coefficient (Wildman–Crippen LogP) is 3.13. The van der Waals surface area contributed by atoms with Crippen LogP contribution >= 0.6 is 11.6 Å². The van der Waals surface area contributed by atoms with Crippen molar-refractivity contribution >= 4 is 23.4 Å². The summed E-state index contributed by atoms with van der Waals surface area (Å²) in [6.45, 7) is 0. The van der Waals surface area contributed by atoms with Crippen LogP contribution in [-0.2, 0) is 0 Å². The van der Waals surface area contributed by atoms with E-state index in [1.54, 1.807) is 18.6 Å². The van der Waals surface area contributed by atoms with Crippen LogP contribution in [0.1, 0.15) is 25.7 Å². The van der Waals surface area contributed by atoms with Gasteiger partial charge in [0, 0.05) is 35.8 Å². The molecule has 1 fully saturated rings. The molecule has 1 saturated carbocycles. The van der Waals surface area contributed by atoms with Gasteiger partial charge in [-0.25, -0.2) is 4.98 Å². The lowest BCUT2D eigenvalue weighted by atomic mass is 10.1. The van der Waals surface area contributed by atoms with Crippen molar-refractivity contribution < 1.29 is 0 Å². The molecule has 0 saturated heterocycles. The van der Waals surface area contributed by atoms with Crippen LogP contribution in [0.3, 0.4) is 0 Å². The number of anilines is 2. The van der Waals surface area contributed by atoms with Gasteiger partial charge < -0.3 is 11.1 Å². The first-order valence-corrected chi connectivity index (χ1v) is 7.11. The number of nitrogens with two attached hydrogens (primary N) is 1. The van der Waals surface area contributed by atoms with E-state index in [0.29, 0.717) is 22.8 Å². The van der Waals surface area contributed by atoms with Gasteiger partial charge in [-0.15, -0.1) is 0 Å². The molecule has 6 heteroatoms. The van der Waals surface area contributed by atoms with Crippen molar-refractivity contribution in [3.8, 4) is 11.1 Å². The number of aromatic nitrogens is 3. The summed E-state index contributed by atoms with van der Waals surface area (Å²) in [5.74, 6) is 1.01. The van der Waals surface area contributed by atoms with E-state index >= 15 is 0 Å². The summed E-state index contributed by atoms with van der Waals surface area (Å²) in [5.41, 5.74) is 7.56. The van der Waals surface area contributed by atoms with Gasteiger partial charge in [0.15, 0.2) is 0 Å². The van der Waals surface area contributed by atoms with Crippen LogP contribution in [0, 0.1) is 0 Å². The molecule has 0 atom stereocenters. The largest absolute Gasteiger partial charge is 0.383 e. The number of halogens is 1. The molecule has 0 amide bonds. The number of pyridine rings is 1. The van der Waals surface area contributed by atoms with E-state index in [2.05, 4.69) is 20.3 Å². The van der Waals surface area contributed by atoms with Gasteiger partial charge in [-0.2, -0.15) is 4.98 Å². The van der Waals surface area contributed by atoms with Crippen LogP contribution in [0.15, 0.2) is 24.7 Å². The molecule has 1 aliphatic carbocycles. The van der Waals surface area contributed by atoms with Gasteiger partial charge in [0.2, 0.25) is 5.95 Å².